The first-order chi connectivity index (χ1) is 15.2. The summed E-state index contributed by atoms with van der Waals surface area (Å²) in [5.41, 5.74) is 0.911. The van der Waals surface area contributed by atoms with Crippen molar-refractivity contribution >= 4 is 17.8 Å². The third kappa shape index (κ3) is 4.40. The second kappa shape index (κ2) is 8.41. The molecule has 1 saturated carbocycles. The topological polar surface area (TPSA) is 78.5 Å². The Morgan fingerprint density at radius 3 is 2.12 bits per heavy atom. The number of carbonyl (C=O) groups excluding carboxylic acids is 3. The maximum atomic E-state index is 13.3. The quantitative estimate of drug-likeness (QED) is 0.699. The standard InChI is InChI=1S/C26H31N3O3/c1-18-14-25(2,3)17-26(15-18)23(31)29(24(32)28-26)16-21(30)27-22(19-10-6-4-7-11-19)20-12-8-5-9-13-20/h4-13,18,22H,14-17H2,1-3H3,(H,27,30)(H,28,32)/t18-,26+/m0/s1. The summed E-state index contributed by atoms with van der Waals surface area (Å²) in [6.07, 6.45) is 2.20. The minimum absolute atomic E-state index is 0.0510. The molecule has 6 nitrogen and oxygen atoms in total. The maximum absolute atomic E-state index is 13.3. The molecule has 0 unspecified atom stereocenters. The van der Waals surface area contributed by atoms with E-state index in [2.05, 4.69) is 31.4 Å². The monoisotopic (exact) mass is 433 g/mol. The summed E-state index contributed by atoms with van der Waals surface area (Å²) in [6.45, 7) is 6.08. The van der Waals surface area contributed by atoms with Crippen LogP contribution in [0.15, 0.2) is 60.7 Å². The highest BCUT2D eigenvalue weighted by Crippen LogP contribution is 2.46. The van der Waals surface area contributed by atoms with Crippen molar-refractivity contribution < 1.29 is 14.4 Å². The largest absolute Gasteiger partial charge is 0.344 e. The molecule has 2 aromatic rings. The van der Waals surface area contributed by atoms with Gasteiger partial charge in [0.2, 0.25) is 5.91 Å². The van der Waals surface area contributed by atoms with Crippen LogP contribution in [0, 0.1) is 11.3 Å². The number of hydrogen-bond donors (Lipinski definition) is 2. The molecular formula is C26H31N3O3. The molecule has 2 aliphatic rings. The summed E-state index contributed by atoms with van der Waals surface area (Å²) in [5, 5.41) is 5.96. The van der Waals surface area contributed by atoms with Crippen LogP contribution in [-0.2, 0) is 9.59 Å². The van der Waals surface area contributed by atoms with Crippen LogP contribution in [0.4, 0.5) is 4.79 Å². The molecule has 32 heavy (non-hydrogen) atoms. The van der Waals surface area contributed by atoms with E-state index in [1.54, 1.807) is 0 Å². The Hall–Kier alpha value is -3.15. The van der Waals surface area contributed by atoms with Crippen LogP contribution in [-0.4, -0.2) is 34.8 Å². The average molecular weight is 434 g/mol. The van der Waals surface area contributed by atoms with Crippen LogP contribution in [0.5, 0.6) is 0 Å². The maximum Gasteiger partial charge on any atom is 0.325 e. The predicted octanol–water partition coefficient (Wildman–Crippen LogP) is 4.03. The van der Waals surface area contributed by atoms with Crippen molar-refractivity contribution in [1.29, 1.82) is 0 Å². The van der Waals surface area contributed by atoms with E-state index in [4.69, 9.17) is 0 Å². The molecule has 4 amide bonds. The van der Waals surface area contributed by atoms with Gasteiger partial charge in [0, 0.05) is 0 Å². The molecule has 1 aliphatic heterocycles. The van der Waals surface area contributed by atoms with E-state index in [1.807, 2.05) is 60.7 Å². The highest BCUT2D eigenvalue weighted by Gasteiger charge is 2.56. The number of imide groups is 1. The van der Waals surface area contributed by atoms with Gasteiger partial charge in [0.1, 0.15) is 12.1 Å². The number of amides is 4. The van der Waals surface area contributed by atoms with Crippen molar-refractivity contribution in [3.05, 3.63) is 71.8 Å². The molecule has 168 valence electrons. The van der Waals surface area contributed by atoms with Gasteiger partial charge in [0.05, 0.1) is 6.04 Å². The third-order valence-electron chi connectivity index (χ3n) is 6.50. The van der Waals surface area contributed by atoms with Crippen LogP contribution >= 0.6 is 0 Å². The lowest BCUT2D eigenvalue weighted by molar-refractivity contribution is -0.137. The third-order valence-corrected chi connectivity index (χ3v) is 6.50. The van der Waals surface area contributed by atoms with Gasteiger partial charge in [-0.05, 0) is 41.7 Å². The number of urea groups is 1. The molecule has 0 bridgehead atoms. The van der Waals surface area contributed by atoms with Crippen molar-refractivity contribution in [3.8, 4) is 0 Å². The minimum Gasteiger partial charge on any atom is -0.344 e. The van der Waals surface area contributed by atoms with E-state index in [-0.39, 0.29) is 29.8 Å². The lowest BCUT2D eigenvalue weighted by atomic mass is 9.64. The van der Waals surface area contributed by atoms with Crippen LogP contribution in [0.2, 0.25) is 0 Å². The van der Waals surface area contributed by atoms with E-state index in [0.29, 0.717) is 18.8 Å². The fraction of sp³-hybridized carbons (Fsp3) is 0.423. The van der Waals surface area contributed by atoms with E-state index in [9.17, 15) is 14.4 Å². The van der Waals surface area contributed by atoms with Crippen molar-refractivity contribution in [2.24, 2.45) is 11.3 Å². The summed E-state index contributed by atoms with van der Waals surface area (Å²) in [6, 6.07) is 18.5. The summed E-state index contributed by atoms with van der Waals surface area (Å²) in [5.74, 6) is -0.336. The number of rotatable bonds is 5. The van der Waals surface area contributed by atoms with E-state index in [1.165, 1.54) is 0 Å². The molecular weight excluding hydrogens is 402 g/mol. The molecule has 2 atom stereocenters. The Morgan fingerprint density at radius 1 is 1.03 bits per heavy atom. The van der Waals surface area contributed by atoms with Crippen molar-refractivity contribution in [1.82, 2.24) is 15.5 Å². The van der Waals surface area contributed by atoms with Gasteiger partial charge in [-0.1, -0.05) is 81.4 Å². The number of nitrogens with zero attached hydrogens (tertiary/aromatic N) is 1. The summed E-state index contributed by atoms with van der Waals surface area (Å²) in [7, 11) is 0. The Morgan fingerprint density at radius 2 is 1.59 bits per heavy atom. The number of hydrogen-bond acceptors (Lipinski definition) is 3. The second-order valence-corrected chi connectivity index (χ2v) is 10.1. The summed E-state index contributed by atoms with van der Waals surface area (Å²) in [4.78, 5) is 40.2. The van der Waals surface area contributed by atoms with Gasteiger partial charge in [-0.3, -0.25) is 14.5 Å². The zero-order valence-electron chi connectivity index (χ0n) is 18.9. The molecule has 1 aliphatic carbocycles. The van der Waals surface area contributed by atoms with Gasteiger partial charge in [0.25, 0.3) is 5.91 Å². The Kier molecular flexibility index (Phi) is 5.80. The lowest BCUT2D eigenvalue weighted by Gasteiger charge is -2.43. The van der Waals surface area contributed by atoms with E-state index >= 15 is 0 Å². The van der Waals surface area contributed by atoms with Crippen molar-refractivity contribution in [2.45, 2.75) is 51.6 Å². The lowest BCUT2D eigenvalue weighted by Crippen LogP contribution is -2.54. The first-order valence-corrected chi connectivity index (χ1v) is 11.2. The molecule has 0 aromatic heterocycles. The molecule has 2 N–H and O–H groups in total. The van der Waals surface area contributed by atoms with Crippen LogP contribution in [0.25, 0.3) is 0 Å². The molecule has 1 spiro atoms. The number of carbonyl (C=O) groups is 3. The molecule has 4 rings (SSSR count). The van der Waals surface area contributed by atoms with Gasteiger partial charge >= 0.3 is 6.03 Å². The number of nitrogens with one attached hydrogen (secondary N) is 2. The molecule has 6 heteroatoms. The van der Waals surface area contributed by atoms with Gasteiger partial charge in [0.15, 0.2) is 0 Å². The fourth-order valence-corrected chi connectivity index (χ4v) is 5.65. The van der Waals surface area contributed by atoms with Crippen LogP contribution in [0.1, 0.15) is 57.2 Å². The molecule has 2 fully saturated rings. The van der Waals surface area contributed by atoms with Gasteiger partial charge in [-0.2, -0.15) is 0 Å². The average Bonchev–Trinajstić information content (AvgIpc) is 2.95. The first kappa shape index (κ1) is 22.1. The molecule has 0 radical (unpaired) electrons. The van der Waals surface area contributed by atoms with Crippen molar-refractivity contribution in [3.63, 3.8) is 0 Å². The summed E-state index contributed by atoms with van der Waals surface area (Å²) < 4.78 is 0. The molecule has 2 aromatic carbocycles. The molecule has 1 heterocycles. The zero-order chi connectivity index (χ0) is 22.9. The number of benzene rings is 2. The Balaban J connectivity index is 1.52. The van der Waals surface area contributed by atoms with Gasteiger partial charge in [-0.25, -0.2) is 4.79 Å². The van der Waals surface area contributed by atoms with Gasteiger partial charge in [-0.15, -0.1) is 0 Å². The summed E-state index contributed by atoms with van der Waals surface area (Å²) >= 11 is 0. The van der Waals surface area contributed by atoms with Crippen molar-refractivity contribution in [2.75, 3.05) is 6.54 Å². The Bertz CT molecular complexity index is 966. The zero-order valence-corrected chi connectivity index (χ0v) is 18.9. The fourth-order valence-electron chi connectivity index (χ4n) is 5.65. The first-order valence-electron chi connectivity index (χ1n) is 11.2. The second-order valence-electron chi connectivity index (χ2n) is 10.1. The van der Waals surface area contributed by atoms with E-state index < -0.39 is 11.6 Å². The van der Waals surface area contributed by atoms with E-state index in [0.717, 1.165) is 22.4 Å². The van der Waals surface area contributed by atoms with Crippen LogP contribution < -0.4 is 10.6 Å². The minimum atomic E-state index is -0.906. The smallest absolute Gasteiger partial charge is 0.325 e. The highest BCUT2D eigenvalue weighted by atomic mass is 16.2. The van der Waals surface area contributed by atoms with Crippen LogP contribution in [0.3, 0.4) is 0 Å². The highest BCUT2D eigenvalue weighted by molar-refractivity contribution is 6.09. The molecule has 1 saturated heterocycles. The van der Waals surface area contributed by atoms with Gasteiger partial charge < -0.3 is 10.6 Å². The Labute approximate surface area is 189 Å². The normalized spacial score (nSPS) is 24.6. The SMILES string of the molecule is C[C@H]1CC(C)(C)C[C@@]2(C1)NC(=O)N(CC(=O)NC(c1ccccc1)c1ccccc1)C2=O. The predicted molar refractivity (Wildman–Crippen MR) is 123 cm³/mol.